The lowest BCUT2D eigenvalue weighted by Crippen LogP contribution is -2.32. The molecular formula is C16H20O3S. The van der Waals surface area contributed by atoms with Gasteiger partial charge >= 0.3 is 0 Å². The van der Waals surface area contributed by atoms with E-state index >= 15 is 0 Å². The van der Waals surface area contributed by atoms with Crippen molar-refractivity contribution in [3.8, 4) is 5.75 Å². The molecule has 0 aromatic heterocycles. The molecule has 108 valence electrons. The molecule has 0 amide bonds. The first kappa shape index (κ1) is 13.8. The molecule has 2 heterocycles. The van der Waals surface area contributed by atoms with Crippen molar-refractivity contribution >= 4 is 16.6 Å². The molecule has 2 aliphatic heterocycles. The lowest BCUT2D eigenvalue weighted by molar-refractivity contribution is 0.0906. The van der Waals surface area contributed by atoms with E-state index < -0.39 is 10.8 Å². The average molecular weight is 292 g/mol. The van der Waals surface area contributed by atoms with E-state index in [1.165, 1.54) is 0 Å². The van der Waals surface area contributed by atoms with Crippen LogP contribution < -0.4 is 4.74 Å². The van der Waals surface area contributed by atoms with Crippen molar-refractivity contribution in [1.29, 1.82) is 0 Å². The highest BCUT2D eigenvalue weighted by molar-refractivity contribution is 7.86. The maximum absolute atomic E-state index is 12.6. The molecule has 4 heteroatoms. The van der Waals surface area contributed by atoms with Crippen LogP contribution in [-0.2, 0) is 10.8 Å². The summed E-state index contributed by atoms with van der Waals surface area (Å²) in [5.41, 5.74) is 1.75. The first-order chi connectivity index (χ1) is 9.60. The fourth-order valence-corrected chi connectivity index (χ4v) is 5.64. The number of fused-ring (bicyclic) bond motifs is 2. The SMILES string of the molecule is COc1ccc(C(=O)C2CC3CCC(C2)S3=O)cc1C. The first-order valence-electron chi connectivity index (χ1n) is 7.18. The Kier molecular flexibility index (Phi) is 3.67. The van der Waals surface area contributed by atoms with E-state index in [1.807, 2.05) is 25.1 Å². The second-order valence-corrected chi connectivity index (χ2v) is 7.86. The van der Waals surface area contributed by atoms with Crippen LogP contribution >= 0.6 is 0 Å². The van der Waals surface area contributed by atoms with E-state index in [0.29, 0.717) is 0 Å². The van der Waals surface area contributed by atoms with Crippen molar-refractivity contribution in [2.75, 3.05) is 7.11 Å². The van der Waals surface area contributed by atoms with Crippen LogP contribution in [0.15, 0.2) is 18.2 Å². The van der Waals surface area contributed by atoms with Gasteiger partial charge < -0.3 is 4.74 Å². The Balaban J connectivity index is 1.80. The summed E-state index contributed by atoms with van der Waals surface area (Å²) in [6.07, 6.45) is 3.66. The molecule has 0 radical (unpaired) electrons. The highest BCUT2D eigenvalue weighted by Gasteiger charge is 2.42. The smallest absolute Gasteiger partial charge is 0.166 e. The standard InChI is InChI=1S/C16H20O3S/c1-10-7-11(3-6-15(10)19-2)16(17)12-8-13-4-5-14(9-12)20(13)18/h3,6-7,12-14H,4-5,8-9H2,1-2H3. The van der Waals surface area contributed by atoms with Crippen LogP contribution in [-0.4, -0.2) is 27.6 Å². The number of Topliss-reactive ketones (excluding diaryl/α,β-unsaturated/α-hetero) is 1. The van der Waals surface area contributed by atoms with Crippen LogP contribution in [0.2, 0.25) is 0 Å². The van der Waals surface area contributed by atoms with E-state index in [4.69, 9.17) is 4.74 Å². The van der Waals surface area contributed by atoms with Crippen LogP contribution in [0.4, 0.5) is 0 Å². The molecule has 2 aliphatic rings. The zero-order chi connectivity index (χ0) is 14.3. The van der Waals surface area contributed by atoms with Crippen molar-refractivity contribution in [2.45, 2.75) is 43.1 Å². The van der Waals surface area contributed by atoms with Crippen molar-refractivity contribution < 1.29 is 13.7 Å². The summed E-state index contributed by atoms with van der Waals surface area (Å²) in [7, 11) is 0.943. The van der Waals surface area contributed by atoms with Crippen LogP contribution in [0.25, 0.3) is 0 Å². The summed E-state index contributed by atoms with van der Waals surface area (Å²) in [5.74, 6) is 1.08. The highest BCUT2D eigenvalue weighted by atomic mass is 32.2. The van der Waals surface area contributed by atoms with Gasteiger partial charge in [0.15, 0.2) is 5.78 Å². The van der Waals surface area contributed by atoms with Gasteiger partial charge in [0, 0.05) is 32.8 Å². The molecule has 1 aromatic carbocycles. The molecule has 20 heavy (non-hydrogen) atoms. The molecule has 0 N–H and O–H groups in total. The average Bonchev–Trinajstić information content (AvgIpc) is 2.67. The lowest BCUT2D eigenvalue weighted by atomic mass is 9.90. The number of ketones is 1. The molecular weight excluding hydrogens is 272 g/mol. The Bertz CT molecular complexity index is 551. The zero-order valence-corrected chi connectivity index (χ0v) is 12.7. The number of methoxy groups -OCH3 is 1. The number of aryl methyl sites for hydroxylation is 1. The number of benzene rings is 1. The monoisotopic (exact) mass is 292 g/mol. The fourth-order valence-electron chi connectivity index (χ4n) is 3.51. The largest absolute Gasteiger partial charge is 0.496 e. The third kappa shape index (κ3) is 2.30. The third-order valence-electron chi connectivity index (χ3n) is 4.61. The molecule has 0 saturated carbocycles. The topological polar surface area (TPSA) is 43.4 Å². The van der Waals surface area contributed by atoms with Gasteiger partial charge in [-0.1, -0.05) is 0 Å². The van der Waals surface area contributed by atoms with Gasteiger partial charge in [-0.05, 0) is 56.4 Å². The van der Waals surface area contributed by atoms with Gasteiger partial charge in [-0.15, -0.1) is 0 Å². The maximum Gasteiger partial charge on any atom is 0.166 e. The van der Waals surface area contributed by atoms with Gasteiger partial charge in [-0.3, -0.25) is 9.00 Å². The Morgan fingerprint density at radius 3 is 2.45 bits per heavy atom. The number of carbonyl (C=O) groups is 1. The van der Waals surface area contributed by atoms with Gasteiger partial charge in [-0.25, -0.2) is 0 Å². The van der Waals surface area contributed by atoms with Crippen molar-refractivity contribution in [3.63, 3.8) is 0 Å². The lowest BCUT2D eigenvalue weighted by Gasteiger charge is -2.26. The number of carbonyl (C=O) groups excluding carboxylic acids is 1. The molecule has 2 fully saturated rings. The van der Waals surface area contributed by atoms with Crippen molar-refractivity contribution in [1.82, 2.24) is 0 Å². The van der Waals surface area contributed by atoms with E-state index in [9.17, 15) is 9.00 Å². The Morgan fingerprint density at radius 2 is 1.90 bits per heavy atom. The van der Waals surface area contributed by atoms with Crippen LogP contribution in [0, 0.1) is 12.8 Å². The summed E-state index contributed by atoms with van der Waals surface area (Å²) in [6, 6.07) is 5.62. The Hall–Kier alpha value is -1.16. The number of rotatable bonds is 3. The molecule has 1 aromatic rings. The van der Waals surface area contributed by atoms with Crippen LogP contribution in [0.1, 0.15) is 41.6 Å². The molecule has 0 aliphatic carbocycles. The molecule has 3 rings (SSSR count). The summed E-state index contributed by atoms with van der Waals surface area (Å²) >= 11 is 0. The minimum Gasteiger partial charge on any atom is -0.496 e. The predicted molar refractivity (Wildman–Crippen MR) is 79.7 cm³/mol. The van der Waals surface area contributed by atoms with Gasteiger partial charge in [-0.2, -0.15) is 0 Å². The molecule has 0 spiro atoms. The summed E-state index contributed by atoms with van der Waals surface area (Å²) in [6.45, 7) is 1.95. The molecule has 2 unspecified atom stereocenters. The van der Waals surface area contributed by atoms with Gasteiger partial charge in [0.25, 0.3) is 0 Å². The van der Waals surface area contributed by atoms with Gasteiger partial charge in [0.1, 0.15) is 5.75 Å². The second-order valence-electron chi connectivity index (χ2n) is 5.87. The number of ether oxygens (including phenoxy) is 1. The van der Waals surface area contributed by atoms with E-state index in [0.717, 1.165) is 42.6 Å². The molecule has 2 bridgehead atoms. The third-order valence-corrected chi connectivity index (χ3v) is 6.78. The molecule has 2 atom stereocenters. The summed E-state index contributed by atoms with van der Waals surface area (Å²) in [5, 5.41) is 0.504. The molecule has 3 nitrogen and oxygen atoms in total. The Morgan fingerprint density at radius 1 is 1.25 bits per heavy atom. The summed E-state index contributed by atoms with van der Waals surface area (Å²) in [4.78, 5) is 12.6. The fraction of sp³-hybridized carbons (Fsp3) is 0.562. The molecule has 2 saturated heterocycles. The Labute approximate surface area is 122 Å². The summed E-state index contributed by atoms with van der Waals surface area (Å²) < 4.78 is 17.2. The van der Waals surface area contributed by atoms with Gasteiger partial charge in [0.2, 0.25) is 0 Å². The van der Waals surface area contributed by atoms with Gasteiger partial charge in [0.05, 0.1) is 7.11 Å². The maximum atomic E-state index is 12.6. The van der Waals surface area contributed by atoms with E-state index in [1.54, 1.807) is 7.11 Å². The number of hydrogen-bond acceptors (Lipinski definition) is 3. The minimum atomic E-state index is -0.694. The first-order valence-corrected chi connectivity index (χ1v) is 8.46. The van der Waals surface area contributed by atoms with Crippen LogP contribution in [0.5, 0.6) is 5.75 Å². The normalized spacial score (nSPS) is 32.1. The van der Waals surface area contributed by atoms with E-state index in [2.05, 4.69) is 0 Å². The van der Waals surface area contributed by atoms with E-state index in [-0.39, 0.29) is 22.2 Å². The minimum absolute atomic E-state index is 0.0537. The predicted octanol–water partition coefficient (Wildman–Crippen LogP) is 2.88. The number of hydrogen-bond donors (Lipinski definition) is 0. The van der Waals surface area contributed by atoms with Crippen LogP contribution in [0.3, 0.4) is 0 Å². The zero-order valence-electron chi connectivity index (χ0n) is 11.9. The highest BCUT2D eigenvalue weighted by Crippen LogP contribution is 2.40. The quantitative estimate of drug-likeness (QED) is 0.805. The van der Waals surface area contributed by atoms with Crippen molar-refractivity contribution in [3.05, 3.63) is 29.3 Å². The second kappa shape index (κ2) is 5.32. The van der Waals surface area contributed by atoms with Crippen molar-refractivity contribution in [2.24, 2.45) is 5.92 Å².